The Balaban J connectivity index is 2.69. The molecule has 0 aliphatic heterocycles. The Hall–Kier alpha value is -0.840. The molecular formula is C12H20BrN3O. The van der Waals surface area contributed by atoms with Crippen LogP contribution in [-0.2, 0) is 7.05 Å². The van der Waals surface area contributed by atoms with Crippen molar-refractivity contribution in [3.8, 4) is 0 Å². The molecule has 96 valence electrons. The monoisotopic (exact) mass is 301 g/mol. The minimum absolute atomic E-state index is 0.119. The quantitative estimate of drug-likeness (QED) is 0.910. The summed E-state index contributed by atoms with van der Waals surface area (Å²) in [6.07, 6.45) is 3.93. The lowest BCUT2D eigenvalue weighted by Crippen LogP contribution is -2.24. The molecule has 0 saturated heterocycles. The second kappa shape index (κ2) is 6.19. The van der Waals surface area contributed by atoms with Crippen molar-refractivity contribution in [1.29, 1.82) is 0 Å². The number of nitrogens with one attached hydrogen (secondary N) is 1. The summed E-state index contributed by atoms with van der Waals surface area (Å²) >= 11 is 3.30. The minimum Gasteiger partial charge on any atom is -0.380 e. The zero-order valence-corrected chi connectivity index (χ0v) is 12.4. The van der Waals surface area contributed by atoms with E-state index in [1.165, 1.54) is 11.1 Å². The Labute approximate surface area is 111 Å². The molecule has 17 heavy (non-hydrogen) atoms. The lowest BCUT2D eigenvalue weighted by molar-refractivity contribution is 0.527. The average Bonchev–Trinajstić information content (AvgIpc) is 2.27. The maximum atomic E-state index is 11.7. The summed E-state index contributed by atoms with van der Waals surface area (Å²) in [5.41, 5.74) is 0.649. The van der Waals surface area contributed by atoms with E-state index in [1.807, 2.05) is 0 Å². The molecule has 1 rings (SSSR count). The van der Waals surface area contributed by atoms with Crippen LogP contribution < -0.4 is 10.9 Å². The number of hydrogen-bond donors (Lipinski definition) is 1. The second-order valence-electron chi connectivity index (χ2n) is 4.82. The highest BCUT2D eigenvalue weighted by Crippen LogP contribution is 2.18. The van der Waals surface area contributed by atoms with Crippen molar-refractivity contribution in [2.24, 2.45) is 13.0 Å². The molecular weight excluding hydrogens is 282 g/mol. The van der Waals surface area contributed by atoms with Gasteiger partial charge in [-0.25, -0.2) is 4.68 Å². The van der Waals surface area contributed by atoms with Gasteiger partial charge in [0.1, 0.15) is 4.47 Å². The van der Waals surface area contributed by atoms with Crippen molar-refractivity contribution < 1.29 is 0 Å². The molecule has 0 saturated carbocycles. The fourth-order valence-electron chi connectivity index (χ4n) is 1.53. The Morgan fingerprint density at radius 2 is 2.06 bits per heavy atom. The summed E-state index contributed by atoms with van der Waals surface area (Å²) in [4.78, 5) is 11.7. The van der Waals surface area contributed by atoms with Gasteiger partial charge >= 0.3 is 0 Å². The topological polar surface area (TPSA) is 46.9 Å². The zero-order valence-electron chi connectivity index (χ0n) is 10.8. The van der Waals surface area contributed by atoms with Crippen LogP contribution >= 0.6 is 15.9 Å². The molecule has 0 bridgehead atoms. The lowest BCUT2D eigenvalue weighted by Gasteiger charge is -2.17. The highest BCUT2D eigenvalue weighted by Gasteiger charge is 2.10. The van der Waals surface area contributed by atoms with Gasteiger partial charge in [0.05, 0.1) is 11.9 Å². The largest absolute Gasteiger partial charge is 0.380 e. The molecule has 0 aromatic carbocycles. The van der Waals surface area contributed by atoms with Crippen LogP contribution in [0.3, 0.4) is 0 Å². The lowest BCUT2D eigenvalue weighted by atomic mass is 10.0. The van der Waals surface area contributed by atoms with Crippen LogP contribution in [0.15, 0.2) is 15.5 Å². The van der Waals surface area contributed by atoms with Crippen LogP contribution in [0.5, 0.6) is 0 Å². The summed E-state index contributed by atoms with van der Waals surface area (Å²) < 4.78 is 1.86. The first kappa shape index (κ1) is 14.2. The molecule has 0 amide bonds. The van der Waals surface area contributed by atoms with E-state index in [0.29, 0.717) is 16.4 Å². The van der Waals surface area contributed by atoms with E-state index >= 15 is 0 Å². The molecule has 1 atom stereocenters. The molecule has 0 fully saturated rings. The van der Waals surface area contributed by atoms with Gasteiger partial charge in [0.25, 0.3) is 5.56 Å². The van der Waals surface area contributed by atoms with Crippen LogP contribution in [0.25, 0.3) is 0 Å². The van der Waals surface area contributed by atoms with Crippen molar-refractivity contribution in [3.63, 3.8) is 0 Å². The highest BCUT2D eigenvalue weighted by molar-refractivity contribution is 9.10. The summed E-state index contributed by atoms with van der Waals surface area (Å²) in [5.74, 6) is 0.699. The number of rotatable bonds is 5. The summed E-state index contributed by atoms with van der Waals surface area (Å²) in [6.45, 7) is 6.54. The van der Waals surface area contributed by atoms with Crippen molar-refractivity contribution in [2.75, 3.05) is 5.32 Å². The molecule has 1 aromatic heterocycles. The molecule has 4 nitrogen and oxygen atoms in total. The molecule has 0 spiro atoms. The fraction of sp³-hybridized carbons (Fsp3) is 0.667. The first-order valence-corrected chi connectivity index (χ1v) is 6.69. The van der Waals surface area contributed by atoms with E-state index in [1.54, 1.807) is 13.2 Å². The molecule has 0 aliphatic carbocycles. The highest BCUT2D eigenvalue weighted by atomic mass is 79.9. The van der Waals surface area contributed by atoms with Crippen molar-refractivity contribution in [1.82, 2.24) is 9.78 Å². The number of nitrogens with zero attached hydrogens (tertiary/aromatic N) is 2. The number of halogens is 1. The van der Waals surface area contributed by atoms with Gasteiger partial charge in [-0.1, -0.05) is 13.8 Å². The van der Waals surface area contributed by atoms with E-state index in [2.05, 4.69) is 47.1 Å². The molecule has 1 unspecified atom stereocenters. The van der Waals surface area contributed by atoms with Gasteiger partial charge in [-0.15, -0.1) is 0 Å². The third kappa shape index (κ3) is 4.15. The predicted molar refractivity (Wildman–Crippen MR) is 74.3 cm³/mol. The third-order valence-corrected chi connectivity index (χ3v) is 3.42. The molecule has 5 heteroatoms. The number of aromatic nitrogens is 2. The first-order valence-electron chi connectivity index (χ1n) is 5.90. The normalized spacial score (nSPS) is 12.8. The standard InChI is InChI=1S/C12H20BrN3O/c1-8(2)5-6-9(3)15-10-7-14-16(4)12(17)11(10)13/h7-9,15H,5-6H2,1-4H3. The van der Waals surface area contributed by atoms with Crippen molar-refractivity contribution >= 4 is 21.6 Å². The number of anilines is 1. The SMILES string of the molecule is CC(C)CCC(C)Nc1cnn(C)c(=O)c1Br. The van der Waals surface area contributed by atoms with E-state index < -0.39 is 0 Å². The van der Waals surface area contributed by atoms with Gasteiger partial charge in [0, 0.05) is 13.1 Å². The fourth-order valence-corrected chi connectivity index (χ4v) is 2.01. The first-order chi connectivity index (χ1) is 7.91. The average molecular weight is 302 g/mol. The van der Waals surface area contributed by atoms with Crippen LogP contribution in [-0.4, -0.2) is 15.8 Å². The van der Waals surface area contributed by atoms with Gasteiger partial charge < -0.3 is 5.32 Å². The van der Waals surface area contributed by atoms with E-state index in [4.69, 9.17) is 0 Å². The Bertz CT molecular complexity index is 428. The number of aryl methyl sites for hydroxylation is 1. The van der Waals surface area contributed by atoms with E-state index in [0.717, 1.165) is 12.1 Å². The Kier molecular flexibility index (Phi) is 5.18. The second-order valence-corrected chi connectivity index (χ2v) is 5.61. The smallest absolute Gasteiger partial charge is 0.282 e. The molecule has 1 aromatic rings. The van der Waals surface area contributed by atoms with Crippen LogP contribution in [0.1, 0.15) is 33.6 Å². The van der Waals surface area contributed by atoms with Crippen molar-refractivity contribution in [2.45, 2.75) is 39.7 Å². The van der Waals surface area contributed by atoms with Crippen LogP contribution in [0.4, 0.5) is 5.69 Å². The minimum atomic E-state index is -0.119. The maximum Gasteiger partial charge on any atom is 0.282 e. The zero-order chi connectivity index (χ0) is 13.0. The Morgan fingerprint density at radius 1 is 1.41 bits per heavy atom. The van der Waals surface area contributed by atoms with E-state index in [9.17, 15) is 4.79 Å². The van der Waals surface area contributed by atoms with Gasteiger partial charge in [-0.3, -0.25) is 4.79 Å². The molecule has 1 N–H and O–H groups in total. The van der Waals surface area contributed by atoms with E-state index in [-0.39, 0.29) is 5.56 Å². The van der Waals surface area contributed by atoms with Gasteiger partial charge in [-0.2, -0.15) is 5.10 Å². The third-order valence-electron chi connectivity index (χ3n) is 2.66. The Morgan fingerprint density at radius 3 is 2.65 bits per heavy atom. The molecule has 1 heterocycles. The maximum absolute atomic E-state index is 11.7. The summed E-state index contributed by atoms with van der Waals surface area (Å²) in [6, 6.07) is 0.336. The summed E-state index contributed by atoms with van der Waals surface area (Å²) in [5, 5.41) is 7.31. The predicted octanol–water partition coefficient (Wildman–Crippen LogP) is 2.78. The van der Waals surface area contributed by atoms with Gasteiger partial charge in [0.2, 0.25) is 0 Å². The molecule has 0 radical (unpaired) electrons. The van der Waals surface area contributed by atoms with Crippen LogP contribution in [0, 0.1) is 5.92 Å². The van der Waals surface area contributed by atoms with Gasteiger partial charge in [-0.05, 0) is 41.6 Å². The molecule has 0 aliphatic rings. The van der Waals surface area contributed by atoms with Crippen LogP contribution in [0.2, 0.25) is 0 Å². The summed E-state index contributed by atoms with van der Waals surface area (Å²) in [7, 11) is 1.64. The van der Waals surface area contributed by atoms with Gasteiger partial charge in [0.15, 0.2) is 0 Å². The van der Waals surface area contributed by atoms with Crippen molar-refractivity contribution in [3.05, 3.63) is 21.0 Å². The number of hydrogen-bond acceptors (Lipinski definition) is 3.